The predicted octanol–water partition coefficient (Wildman–Crippen LogP) is 3.26. The first-order valence-electron chi connectivity index (χ1n) is 9.04. The van der Waals surface area contributed by atoms with Gasteiger partial charge in [0.05, 0.1) is 19.7 Å². The molecule has 0 spiro atoms. The van der Waals surface area contributed by atoms with Crippen LogP contribution < -0.4 is 14.9 Å². The summed E-state index contributed by atoms with van der Waals surface area (Å²) < 4.78 is 16.1. The first kappa shape index (κ1) is 20.7. The van der Waals surface area contributed by atoms with E-state index in [1.165, 1.54) is 25.5 Å². The first-order valence-corrected chi connectivity index (χ1v) is 9.04. The van der Waals surface area contributed by atoms with Crippen molar-refractivity contribution in [2.75, 3.05) is 7.11 Å². The summed E-state index contributed by atoms with van der Waals surface area (Å²) in [5.41, 5.74) is 4.09. The number of carboxylic acid groups (broad SMARTS) is 1. The summed E-state index contributed by atoms with van der Waals surface area (Å²) >= 11 is 0. The van der Waals surface area contributed by atoms with Crippen LogP contribution in [-0.2, 0) is 17.8 Å². The summed E-state index contributed by atoms with van der Waals surface area (Å²) in [6.45, 7) is 0.0482. The van der Waals surface area contributed by atoms with Crippen molar-refractivity contribution < 1.29 is 28.6 Å². The van der Waals surface area contributed by atoms with E-state index < -0.39 is 5.97 Å². The molecule has 0 aliphatic rings. The van der Waals surface area contributed by atoms with Crippen molar-refractivity contribution in [3.8, 4) is 11.5 Å². The number of methoxy groups -OCH3 is 1. The van der Waals surface area contributed by atoms with E-state index in [1.54, 1.807) is 18.2 Å². The van der Waals surface area contributed by atoms with Gasteiger partial charge in [-0.2, -0.15) is 5.10 Å². The van der Waals surface area contributed by atoms with Crippen molar-refractivity contribution in [1.82, 2.24) is 5.43 Å². The smallest absolute Gasteiger partial charge is 0.371 e. The number of furan rings is 1. The molecule has 1 amide bonds. The molecule has 8 heteroatoms. The van der Waals surface area contributed by atoms with E-state index >= 15 is 0 Å². The van der Waals surface area contributed by atoms with Crippen LogP contribution >= 0.6 is 0 Å². The molecular weight excluding hydrogens is 388 g/mol. The fourth-order valence-electron chi connectivity index (χ4n) is 2.60. The molecule has 0 aliphatic heterocycles. The Morgan fingerprint density at radius 2 is 1.90 bits per heavy atom. The summed E-state index contributed by atoms with van der Waals surface area (Å²) in [6, 6.07) is 17.4. The number of carbonyl (C=O) groups is 2. The lowest BCUT2D eigenvalue weighted by Crippen LogP contribution is -2.19. The van der Waals surface area contributed by atoms with Gasteiger partial charge in [0.25, 0.3) is 0 Å². The molecule has 1 heterocycles. The van der Waals surface area contributed by atoms with Gasteiger partial charge in [-0.05, 0) is 41.5 Å². The molecule has 0 bridgehead atoms. The molecule has 3 rings (SSSR count). The Morgan fingerprint density at radius 1 is 1.10 bits per heavy atom. The average Bonchev–Trinajstić information content (AvgIpc) is 3.23. The summed E-state index contributed by atoms with van der Waals surface area (Å²) in [7, 11) is 1.50. The van der Waals surface area contributed by atoms with E-state index in [0.717, 1.165) is 5.56 Å². The lowest BCUT2D eigenvalue weighted by atomic mass is 10.1. The monoisotopic (exact) mass is 408 g/mol. The number of hydrogen-bond donors (Lipinski definition) is 2. The topological polar surface area (TPSA) is 110 Å². The molecule has 0 fully saturated rings. The van der Waals surface area contributed by atoms with Gasteiger partial charge < -0.3 is 19.0 Å². The molecule has 0 saturated carbocycles. The van der Waals surface area contributed by atoms with Crippen molar-refractivity contribution in [1.29, 1.82) is 0 Å². The number of ether oxygens (including phenoxy) is 2. The zero-order valence-electron chi connectivity index (χ0n) is 16.2. The SMILES string of the molecule is COc1cc(C=NNC(=O)Cc2ccccc2)ccc1OCc1ccc(C(=O)O)o1. The molecule has 154 valence electrons. The third kappa shape index (κ3) is 5.71. The molecule has 2 N–H and O–H groups in total. The third-order valence-electron chi connectivity index (χ3n) is 4.04. The maximum absolute atomic E-state index is 11.9. The molecule has 1 aromatic heterocycles. The molecule has 0 radical (unpaired) electrons. The molecule has 0 atom stereocenters. The van der Waals surface area contributed by atoms with Crippen LogP contribution in [0.3, 0.4) is 0 Å². The largest absolute Gasteiger partial charge is 0.493 e. The van der Waals surface area contributed by atoms with Gasteiger partial charge in [0.2, 0.25) is 11.7 Å². The zero-order chi connectivity index (χ0) is 21.3. The van der Waals surface area contributed by atoms with Gasteiger partial charge in [-0.3, -0.25) is 4.79 Å². The number of hydrazone groups is 1. The van der Waals surface area contributed by atoms with Gasteiger partial charge in [-0.1, -0.05) is 30.3 Å². The predicted molar refractivity (Wildman–Crippen MR) is 109 cm³/mol. The normalized spacial score (nSPS) is 10.7. The zero-order valence-corrected chi connectivity index (χ0v) is 16.2. The van der Waals surface area contributed by atoms with E-state index in [0.29, 0.717) is 22.8 Å². The molecule has 3 aromatic rings. The maximum atomic E-state index is 11.9. The van der Waals surface area contributed by atoms with Crippen LogP contribution in [0.25, 0.3) is 0 Å². The molecular formula is C22H20N2O6. The molecule has 0 unspecified atom stereocenters. The van der Waals surface area contributed by atoms with Crippen LogP contribution in [0, 0.1) is 0 Å². The number of aromatic carboxylic acids is 1. The number of hydrogen-bond acceptors (Lipinski definition) is 6. The maximum Gasteiger partial charge on any atom is 0.371 e. The van der Waals surface area contributed by atoms with Crippen LogP contribution in [0.2, 0.25) is 0 Å². The standard InChI is InChI=1S/C22H20N2O6/c1-28-20-11-16(13-23-24-21(25)12-15-5-3-2-4-6-15)7-9-18(20)29-14-17-8-10-19(30-17)22(26)27/h2-11,13H,12,14H2,1H3,(H,24,25)(H,26,27). The van der Waals surface area contributed by atoms with Gasteiger partial charge in [-0.25, -0.2) is 10.2 Å². The van der Waals surface area contributed by atoms with Gasteiger partial charge in [0.1, 0.15) is 12.4 Å². The average molecular weight is 408 g/mol. The minimum atomic E-state index is -1.14. The third-order valence-corrected chi connectivity index (χ3v) is 4.04. The first-order chi connectivity index (χ1) is 14.5. The lowest BCUT2D eigenvalue weighted by Gasteiger charge is -2.10. The van der Waals surface area contributed by atoms with Gasteiger partial charge >= 0.3 is 5.97 Å². The highest BCUT2D eigenvalue weighted by atomic mass is 16.5. The quantitative estimate of drug-likeness (QED) is 0.415. The van der Waals surface area contributed by atoms with Crippen molar-refractivity contribution in [2.45, 2.75) is 13.0 Å². The fraction of sp³-hybridized carbons (Fsp3) is 0.136. The molecule has 30 heavy (non-hydrogen) atoms. The van der Waals surface area contributed by atoms with Crippen molar-refractivity contribution in [2.24, 2.45) is 5.10 Å². The van der Waals surface area contributed by atoms with Crippen molar-refractivity contribution in [3.63, 3.8) is 0 Å². The van der Waals surface area contributed by atoms with E-state index in [1.807, 2.05) is 30.3 Å². The molecule has 0 saturated heterocycles. The Bertz CT molecular complexity index is 1040. The fourth-order valence-corrected chi connectivity index (χ4v) is 2.60. The van der Waals surface area contributed by atoms with Crippen LogP contribution in [0.4, 0.5) is 0 Å². The van der Waals surface area contributed by atoms with Crippen LogP contribution in [0.5, 0.6) is 11.5 Å². The highest BCUT2D eigenvalue weighted by Crippen LogP contribution is 2.28. The number of nitrogens with one attached hydrogen (secondary N) is 1. The number of nitrogens with zero attached hydrogens (tertiary/aromatic N) is 1. The van der Waals surface area contributed by atoms with E-state index in [-0.39, 0.29) is 24.7 Å². The van der Waals surface area contributed by atoms with Crippen molar-refractivity contribution >= 4 is 18.1 Å². The molecule has 2 aromatic carbocycles. The summed E-state index contributed by atoms with van der Waals surface area (Å²) in [4.78, 5) is 22.8. The summed E-state index contributed by atoms with van der Waals surface area (Å²) in [6.07, 6.45) is 1.74. The summed E-state index contributed by atoms with van der Waals surface area (Å²) in [5.74, 6) is -0.222. The summed E-state index contributed by atoms with van der Waals surface area (Å²) in [5, 5.41) is 12.8. The number of rotatable bonds is 9. The molecule has 8 nitrogen and oxygen atoms in total. The van der Waals surface area contributed by atoms with Gasteiger partial charge in [-0.15, -0.1) is 0 Å². The van der Waals surface area contributed by atoms with Crippen LogP contribution in [0.1, 0.15) is 27.4 Å². The number of carboxylic acids is 1. The number of benzene rings is 2. The highest BCUT2D eigenvalue weighted by Gasteiger charge is 2.11. The van der Waals surface area contributed by atoms with Gasteiger partial charge in [0, 0.05) is 0 Å². The van der Waals surface area contributed by atoms with Crippen molar-refractivity contribution in [3.05, 3.63) is 83.3 Å². The highest BCUT2D eigenvalue weighted by molar-refractivity contribution is 5.84. The Balaban J connectivity index is 1.57. The Hall–Kier alpha value is -4.07. The molecule has 0 aliphatic carbocycles. The van der Waals surface area contributed by atoms with E-state index in [9.17, 15) is 9.59 Å². The Kier molecular flexibility index (Phi) is 6.83. The van der Waals surface area contributed by atoms with E-state index in [4.69, 9.17) is 19.0 Å². The number of amides is 1. The van der Waals surface area contributed by atoms with E-state index in [2.05, 4.69) is 10.5 Å². The Morgan fingerprint density at radius 3 is 2.60 bits per heavy atom. The van der Waals surface area contributed by atoms with Crippen LogP contribution in [-0.4, -0.2) is 30.3 Å². The second-order valence-corrected chi connectivity index (χ2v) is 6.23. The second-order valence-electron chi connectivity index (χ2n) is 6.23. The van der Waals surface area contributed by atoms with Gasteiger partial charge in [0.15, 0.2) is 11.5 Å². The minimum absolute atomic E-state index is 0.0482. The lowest BCUT2D eigenvalue weighted by molar-refractivity contribution is -0.120. The number of carbonyl (C=O) groups excluding carboxylic acids is 1. The Labute approximate surface area is 172 Å². The second kappa shape index (κ2) is 9.92. The minimum Gasteiger partial charge on any atom is -0.493 e. The van der Waals surface area contributed by atoms with Crippen LogP contribution in [0.15, 0.2) is 70.2 Å².